The van der Waals surface area contributed by atoms with Crippen molar-refractivity contribution in [3.8, 4) is 0 Å². The quantitative estimate of drug-likeness (QED) is 0.624. The fraction of sp³-hybridized carbons (Fsp3) is 0.714. The van der Waals surface area contributed by atoms with E-state index in [4.69, 9.17) is 4.74 Å². The highest BCUT2D eigenvalue weighted by molar-refractivity contribution is 5.32. The Morgan fingerprint density at radius 1 is 1.35 bits per heavy atom. The van der Waals surface area contributed by atoms with Gasteiger partial charge in [-0.25, -0.2) is 0 Å². The van der Waals surface area contributed by atoms with Crippen LogP contribution in [0.3, 0.4) is 0 Å². The first-order valence-corrected chi connectivity index (χ1v) is 9.40. The number of ether oxygens (including phenoxy) is 1. The summed E-state index contributed by atoms with van der Waals surface area (Å²) in [6.45, 7) is 13.0. The standard InChI is InChI=1S/C21H35NO/c1-17(12-13-19-10-8-15-22-18(19)2)9-5-6-16-23-20-11-7-14-21(20,3)4/h12-13,20,22H,2,5-11,14-16H2,1,3-4H3/b17-12+,19-13-. The maximum absolute atomic E-state index is 6.12. The number of piperidine rings is 1. The van der Waals surface area contributed by atoms with Crippen LogP contribution >= 0.6 is 0 Å². The Bertz CT molecular complexity index is 458. The van der Waals surface area contributed by atoms with Crippen LogP contribution in [0.5, 0.6) is 0 Å². The van der Waals surface area contributed by atoms with Crippen LogP contribution in [0, 0.1) is 5.41 Å². The predicted octanol–water partition coefficient (Wildman–Crippen LogP) is 5.52. The smallest absolute Gasteiger partial charge is 0.0626 e. The monoisotopic (exact) mass is 317 g/mol. The zero-order chi connectivity index (χ0) is 16.7. The van der Waals surface area contributed by atoms with E-state index in [1.807, 2.05) is 0 Å². The minimum absolute atomic E-state index is 0.387. The molecule has 0 spiro atoms. The van der Waals surface area contributed by atoms with Crippen LogP contribution in [-0.2, 0) is 4.74 Å². The van der Waals surface area contributed by atoms with Crippen molar-refractivity contribution in [3.63, 3.8) is 0 Å². The molecule has 2 nitrogen and oxygen atoms in total. The molecule has 0 aromatic heterocycles. The first-order chi connectivity index (χ1) is 11.0. The maximum atomic E-state index is 6.12. The highest BCUT2D eigenvalue weighted by Crippen LogP contribution is 2.39. The summed E-state index contributed by atoms with van der Waals surface area (Å²) in [5, 5.41) is 3.34. The van der Waals surface area contributed by atoms with Gasteiger partial charge in [-0.15, -0.1) is 0 Å². The molecule has 2 aliphatic rings. The molecule has 0 bridgehead atoms. The summed E-state index contributed by atoms with van der Waals surface area (Å²) in [5.41, 5.74) is 4.31. The molecule has 0 aromatic carbocycles. The summed E-state index contributed by atoms with van der Waals surface area (Å²) in [6.07, 6.45) is 14.8. The van der Waals surface area contributed by atoms with Gasteiger partial charge < -0.3 is 10.1 Å². The second-order valence-corrected chi connectivity index (χ2v) is 7.91. The zero-order valence-electron chi connectivity index (χ0n) is 15.4. The van der Waals surface area contributed by atoms with Gasteiger partial charge >= 0.3 is 0 Å². The van der Waals surface area contributed by atoms with E-state index in [0.717, 1.165) is 25.3 Å². The van der Waals surface area contributed by atoms with E-state index in [9.17, 15) is 0 Å². The van der Waals surface area contributed by atoms with Crippen molar-refractivity contribution in [1.82, 2.24) is 5.32 Å². The summed E-state index contributed by atoms with van der Waals surface area (Å²) >= 11 is 0. The van der Waals surface area contributed by atoms with Crippen molar-refractivity contribution in [2.75, 3.05) is 13.2 Å². The number of hydrogen-bond donors (Lipinski definition) is 1. The van der Waals surface area contributed by atoms with Crippen LogP contribution < -0.4 is 5.32 Å². The topological polar surface area (TPSA) is 21.3 Å². The predicted molar refractivity (Wildman–Crippen MR) is 99.4 cm³/mol. The van der Waals surface area contributed by atoms with Crippen LogP contribution in [0.1, 0.15) is 72.1 Å². The van der Waals surface area contributed by atoms with Gasteiger partial charge in [-0.2, -0.15) is 0 Å². The Balaban J connectivity index is 1.63. The number of allylic oxidation sites excluding steroid dienone is 4. The second kappa shape index (κ2) is 8.73. The van der Waals surface area contributed by atoms with Crippen molar-refractivity contribution >= 4 is 0 Å². The second-order valence-electron chi connectivity index (χ2n) is 7.91. The fourth-order valence-electron chi connectivity index (χ4n) is 3.63. The van der Waals surface area contributed by atoms with Gasteiger partial charge in [0.1, 0.15) is 0 Å². The minimum atomic E-state index is 0.387. The van der Waals surface area contributed by atoms with E-state index in [-0.39, 0.29) is 0 Å². The molecular formula is C21H35NO. The molecule has 1 atom stereocenters. The number of hydrogen-bond acceptors (Lipinski definition) is 2. The highest BCUT2D eigenvalue weighted by atomic mass is 16.5. The van der Waals surface area contributed by atoms with Gasteiger partial charge in [-0.1, -0.05) is 44.6 Å². The third-order valence-electron chi connectivity index (χ3n) is 5.36. The third-order valence-corrected chi connectivity index (χ3v) is 5.36. The first-order valence-electron chi connectivity index (χ1n) is 9.40. The lowest BCUT2D eigenvalue weighted by molar-refractivity contribution is -0.00700. The van der Waals surface area contributed by atoms with Crippen molar-refractivity contribution in [2.24, 2.45) is 5.41 Å². The molecule has 0 amide bonds. The maximum Gasteiger partial charge on any atom is 0.0626 e. The summed E-state index contributed by atoms with van der Waals surface area (Å²) in [7, 11) is 0. The third kappa shape index (κ3) is 5.84. The molecule has 130 valence electrons. The average molecular weight is 318 g/mol. The molecule has 1 N–H and O–H groups in total. The Labute approximate surface area is 143 Å². The van der Waals surface area contributed by atoms with Gasteiger partial charge in [0.25, 0.3) is 0 Å². The number of unbranched alkanes of at least 4 members (excludes halogenated alkanes) is 1. The molecule has 2 heteroatoms. The van der Waals surface area contributed by atoms with Crippen molar-refractivity contribution < 1.29 is 4.74 Å². The Hall–Kier alpha value is -1.02. The lowest BCUT2D eigenvalue weighted by Crippen LogP contribution is -2.26. The Kier molecular flexibility index (Phi) is 6.95. The molecular weight excluding hydrogens is 282 g/mol. The Morgan fingerprint density at radius 2 is 2.17 bits per heavy atom. The normalized spacial score (nSPS) is 26.6. The lowest BCUT2D eigenvalue weighted by atomic mass is 9.89. The molecule has 23 heavy (non-hydrogen) atoms. The summed E-state index contributed by atoms with van der Waals surface area (Å²) in [6, 6.07) is 0. The molecule has 1 aliphatic heterocycles. The van der Waals surface area contributed by atoms with Gasteiger partial charge in [0.05, 0.1) is 6.10 Å². The fourth-order valence-corrected chi connectivity index (χ4v) is 3.63. The van der Waals surface area contributed by atoms with Crippen LogP contribution in [0.25, 0.3) is 0 Å². The van der Waals surface area contributed by atoms with Crippen LogP contribution in [-0.4, -0.2) is 19.3 Å². The van der Waals surface area contributed by atoms with Gasteiger partial charge in [-0.05, 0) is 62.9 Å². The molecule has 2 rings (SSSR count). The van der Waals surface area contributed by atoms with E-state index >= 15 is 0 Å². The van der Waals surface area contributed by atoms with E-state index in [2.05, 4.69) is 44.8 Å². The Morgan fingerprint density at radius 3 is 2.87 bits per heavy atom. The zero-order valence-corrected chi connectivity index (χ0v) is 15.4. The minimum Gasteiger partial charge on any atom is -0.385 e. The summed E-state index contributed by atoms with van der Waals surface area (Å²) < 4.78 is 6.12. The molecule has 1 aliphatic carbocycles. The van der Waals surface area contributed by atoms with E-state index in [1.54, 1.807) is 0 Å². The number of nitrogens with one attached hydrogen (secondary N) is 1. The van der Waals surface area contributed by atoms with Gasteiger partial charge in [0.15, 0.2) is 0 Å². The van der Waals surface area contributed by atoms with E-state index < -0.39 is 0 Å². The number of rotatable bonds is 7. The van der Waals surface area contributed by atoms with Crippen molar-refractivity contribution in [2.45, 2.75) is 78.2 Å². The molecule has 1 saturated carbocycles. The molecule has 2 fully saturated rings. The highest BCUT2D eigenvalue weighted by Gasteiger charge is 2.34. The van der Waals surface area contributed by atoms with Crippen LogP contribution in [0.2, 0.25) is 0 Å². The largest absolute Gasteiger partial charge is 0.385 e. The average Bonchev–Trinajstić information content (AvgIpc) is 2.85. The van der Waals surface area contributed by atoms with Gasteiger partial charge in [0, 0.05) is 18.8 Å². The van der Waals surface area contributed by atoms with Crippen LogP contribution in [0.15, 0.2) is 35.6 Å². The van der Waals surface area contributed by atoms with E-state index in [1.165, 1.54) is 56.1 Å². The van der Waals surface area contributed by atoms with Gasteiger partial charge in [-0.3, -0.25) is 0 Å². The SMILES string of the molecule is C=C1NCCC/C1=C/C=C(\C)CCCCOC1CCCC1(C)C. The molecule has 1 heterocycles. The molecule has 0 radical (unpaired) electrons. The van der Waals surface area contributed by atoms with Crippen molar-refractivity contribution in [3.05, 3.63) is 35.6 Å². The van der Waals surface area contributed by atoms with Crippen molar-refractivity contribution in [1.29, 1.82) is 0 Å². The summed E-state index contributed by atoms with van der Waals surface area (Å²) in [5.74, 6) is 0. The molecule has 1 unspecified atom stereocenters. The molecule has 1 saturated heterocycles. The summed E-state index contributed by atoms with van der Waals surface area (Å²) in [4.78, 5) is 0. The van der Waals surface area contributed by atoms with Gasteiger partial charge in [0.2, 0.25) is 0 Å². The van der Waals surface area contributed by atoms with Crippen LogP contribution in [0.4, 0.5) is 0 Å². The lowest BCUT2D eigenvalue weighted by Gasteiger charge is -2.27. The molecule has 0 aromatic rings. The first kappa shape index (κ1) is 18.3. The van der Waals surface area contributed by atoms with E-state index in [0.29, 0.717) is 11.5 Å².